The number of likely N-dealkylation sites (tertiary alicyclic amines) is 1. The summed E-state index contributed by atoms with van der Waals surface area (Å²) < 4.78 is 4.37. The van der Waals surface area contributed by atoms with Gasteiger partial charge >= 0.3 is 11.9 Å². The van der Waals surface area contributed by atoms with Gasteiger partial charge in [-0.2, -0.15) is 0 Å². The minimum atomic E-state index is -0.796. The molecule has 1 rings (SSSR count). The zero-order chi connectivity index (χ0) is 10.7. The predicted octanol–water partition coefficient (Wildman–Crippen LogP) is -0.787. The van der Waals surface area contributed by atoms with E-state index in [2.05, 4.69) is 4.74 Å². The molecule has 0 unspecified atom stereocenters. The van der Waals surface area contributed by atoms with Gasteiger partial charge in [0.15, 0.2) is 0 Å². The lowest BCUT2D eigenvalue weighted by Gasteiger charge is -2.13. The SMILES string of the molecule is COC(=O)C(=O)N1C[C@@H](CN)[C@H](C)C1. The third-order valence-corrected chi connectivity index (χ3v) is 2.72. The van der Waals surface area contributed by atoms with Gasteiger partial charge in [0.25, 0.3) is 0 Å². The summed E-state index contributed by atoms with van der Waals surface area (Å²) >= 11 is 0. The predicted molar refractivity (Wildman–Crippen MR) is 50.3 cm³/mol. The number of amides is 1. The van der Waals surface area contributed by atoms with Crippen LogP contribution >= 0.6 is 0 Å². The van der Waals surface area contributed by atoms with Gasteiger partial charge in [-0.1, -0.05) is 6.92 Å². The molecule has 0 spiro atoms. The Morgan fingerprint density at radius 1 is 1.50 bits per heavy atom. The van der Waals surface area contributed by atoms with Crippen LogP contribution in [0.15, 0.2) is 0 Å². The summed E-state index contributed by atoms with van der Waals surface area (Å²) in [5.41, 5.74) is 5.54. The molecule has 0 radical (unpaired) electrons. The molecule has 5 heteroatoms. The van der Waals surface area contributed by atoms with Crippen LogP contribution in [-0.4, -0.2) is 43.5 Å². The molecule has 1 aliphatic rings. The summed E-state index contributed by atoms with van der Waals surface area (Å²) in [6, 6.07) is 0. The molecule has 0 aromatic heterocycles. The first-order chi connectivity index (χ1) is 6.60. The highest BCUT2D eigenvalue weighted by Gasteiger charge is 2.34. The molecule has 1 heterocycles. The van der Waals surface area contributed by atoms with Gasteiger partial charge in [0.2, 0.25) is 0 Å². The van der Waals surface area contributed by atoms with Crippen molar-refractivity contribution in [2.24, 2.45) is 17.6 Å². The van der Waals surface area contributed by atoms with Crippen LogP contribution < -0.4 is 5.73 Å². The maximum absolute atomic E-state index is 11.4. The topological polar surface area (TPSA) is 72.6 Å². The number of methoxy groups -OCH3 is 1. The number of nitrogens with zero attached hydrogens (tertiary/aromatic N) is 1. The Labute approximate surface area is 83.2 Å². The zero-order valence-electron chi connectivity index (χ0n) is 8.53. The van der Waals surface area contributed by atoms with Crippen molar-refractivity contribution >= 4 is 11.9 Å². The maximum atomic E-state index is 11.4. The monoisotopic (exact) mass is 200 g/mol. The van der Waals surface area contributed by atoms with Crippen molar-refractivity contribution in [3.05, 3.63) is 0 Å². The van der Waals surface area contributed by atoms with Crippen molar-refractivity contribution in [3.63, 3.8) is 0 Å². The summed E-state index contributed by atoms with van der Waals surface area (Å²) in [7, 11) is 1.21. The number of esters is 1. The fourth-order valence-electron chi connectivity index (χ4n) is 1.72. The van der Waals surface area contributed by atoms with Crippen molar-refractivity contribution in [2.45, 2.75) is 6.92 Å². The number of rotatable bonds is 1. The van der Waals surface area contributed by atoms with Gasteiger partial charge < -0.3 is 15.4 Å². The molecule has 0 aromatic carbocycles. The average molecular weight is 200 g/mol. The molecule has 1 aliphatic heterocycles. The molecular weight excluding hydrogens is 184 g/mol. The quantitative estimate of drug-likeness (QED) is 0.445. The van der Waals surface area contributed by atoms with Crippen LogP contribution in [0.4, 0.5) is 0 Å². The number of nitrogens with two attached hydrogens (primary N) is 1. The molecule has 2 atom stereocenters. The van der Waals surface area contributed by atoms with E-state index in [0.717, 1.165) is 0 Å². The van der Waals surface area contributed by atoms with Gasteiger partial charge in [-0.05, 0) is 18.4 Å². The smallest absolute Gasteiger partial charge is 0.396 e. The third-order valence-electron chi connectivity index (χ3n) is 2.72. The van der Waals surface area contributed by atoms with Crippen molar-refractivity contribution in [3.8, 4) is 0 Å². The lowest BCUT2D eigenvalue weighted by Crippen LogP contribution is -2.36. The maximum Gasteiger partial charge on any atom is 0.396 e. The van der Waals surface area contributed by atoms with Crippen LogP contribution in [0.2, 0.25) is 0 Å². The Morgan fingerprint density at radius 2 is 2.14 bits per heavy atom. The van der Waals surface area contributed by atoms with Gasteiger partial charge in [-0.15, -0.1) is 0 Å². The fourth-order valence-corrected chi connectivity index (χ4v) is 1.72. The van der Waals surface area contributed by atoms with E-state index in [1.54, 1.807) is 0 Å². The number of ether oxygens (including phenoxy) is 1. The molecule has 1 fully saturated rings. The number of hydrogen-bond acceptors (Lipinski definition) is 4. The van der Waals surface area contributed by atoms with Gasteiger partial charge in [0.1, 0.15) is 0 Å². The number of carbonyl (C=O) groups is 2. The van der Waals surface area contributed by atoms with Crippen molar-refractivity contribution in [2.75, 3.05) is 26.7 Å². The summed E-state index contributed by atoms with van der Waals surface area (Å²) in [6.45, 7) is 3.73. The molecular formula is C9H16N2O3. The zero-order valence-corrected chi connectivity index (χ0v) is 8.53. The van der Waals surface area contributed by atoms with Crippen LogP contribution in [0, 0.1) is 11.8 Å². The molecule has 14 heavy (non-hydrogen) atoms. The summed E-state index contributed by atoms with van der Waals surface area (Å²) in [5.74, 6) is -0.706. The molecule has 80 valence electrons. The normalized spacial score (nSPS) is 26.4. The molecule has 0 aromatic rings. The second kappa shape index (κ2) is 4.41. The first-order valence-electron chi connectivity index (χ1n) is 4.67. The average Bonchev–Trinajstić information content (AvgIpc) is 2.57. The van der Waals surface area contributed by atoms with Crippen molar-refractivity contribution in [1.82, 2.24) is 4.90 Å². The van der Waals surface area contributed by atoms with E-state index in [1.165, 1.54) is 12.0 Å². The van der Waals surface area contributed by atoms with Crippen molar-refractivity contribution < 1.29 is 14.3 Å². The summed E-state index contributed by atoms with van der Waals surface area (Å²) in [6.07, 6.45) is 0. The van der Waals surface area contributed by atoms with E-state index in [4.69, 9.17) is 5.73 Å². The lowest BCUT2D eigenvalue weighted by molar-refractivity contribution is -0.157. The highest BCUT2D eigenvalue weighted by molar-refractivity contribution is 6.32. The Balaban J connectivity index is 2.57. The van der Waals surface area contributed by atoms with E-state index < -0.39 is 11.9 Å². The second-order valence-corrected chi connectivity index (χ2v) is 3.67. The third kappa shape index (κ3) is 2.04. The minimum absolute atomic E-state index is 0.295. The molecule has 5 nitrogen and oxygen atoms in total. The Bertz CT molecular complexity index is 242. The molecule has 0 saturated carbocycles. The van der Waals surface area contributed by atoms with Crippen LogP contribution in [0.3, 0.4) is 0 Å². The number of hydrogen-bond donors (Lipinski definition) is 1. The number of carbonyl (C=O) groups excluding carboxylic acids is 2. The molecule has 0 aliphatic carbocycles. The van der Waals surface area contributed by atoms with Crippen LogP contribution in [0.25, 0.3) is 0 Å². The molecule has 0 bridgehead atoms. The van der Waals surface area contributed by atoms with Crippen LogP contribution in [0.1, 0.15) is 6.92 Å². The summed E-state index contributed by atoms with van der Waals surface area (Å²) in [5, 5.41) is 0. The first-order valence-corrected chi connectivity index (χ1v) is 4.67. The largest absolute Gasteiger partial charge is 0.462 e. The Morgan fingerprint density at radius 3 is 2.57 bits per heavy atom. The van der Waals surface area contributed by atoms with Gasteiger partial charge in [0, 0.05) is 13.1 Å². The Kier molecular flexibility index (Phi) is 3.46. The Hall–Kier alpha value is -1.10. The first kappa shape index (κ1) is 11.0. The van der Waals surface area contributed by atoms with Crippen molar-refractivity contribution in [1.29, 1.82) is 0 Å². The molecule has 1 amide bonds. The van der Waals surface area contributed by atoms with Gasteiger partial charge in [-0.3, -0.25) is 4.79 Å². The van der Waals surface area contributed by atoms with Crippen LogP contribution in [0.5, 0.6) is 0 Å². The fraction of sp³-hybridized carbons (Fsp3) is 0.778. The standard InChI is InChI=1S/C9H16N2O3/c1-6-4-11(5-7(6)3-10)8(12)9(13)14-2/h6-7H,3-5,10H2,1-2H3/t6-,7-/m1/s1. The van der Waals surface area contributed by atoms with E-state index in [9.17, 15) is 9.59 Å². The summed E-state index contributed by atoms with van der Waals surface area (Å²) in [4.78, 5) is 23.9. The van der Waals surface area contributed by atoms with E-state index >= 15 is 0 Å². The highest BCUT2D eigenvalue weighted by atomic mass is 16.5. The van der Waals surface area contributed by atoms with Gasteiger partial charge in [-0.25, -0.2) is 4.79 Å². The molecule has 1 saturated heterocycles. The van der Waals surface area contributed by atoms with E-state index in [-0.39, 0.29) is 0 Å². The lowest BCUT2D eigenvalue weighted by atomic mass is 9.99. The van der Waals surface area contributed by atoms with Crippen LogP contribution in [-0.2, 0) is 14.3 Å². The van der Waals surface area contributed by atoms with Gasteiger partial charge in [0.05, 0.1) is 7.11 Å². The van der Waals surface area contributed by atoms with E-state index in [0.29, 0.717) is 31.5 Å². The minimum Gasteiger partial charge on any atom is -0.462 e. The molecule has 2 N–H and O–H groups in total. The second-order valence-electron chi connectivity index (χ2n) is 3.67. The highest BCUT2D eigenvalue weighted by Crippen LogP contribution is 2.21. The van der Waals surface area contributed by atoms with E-state index in [1.807, 2.05) is 6.92 Å².